The Morgan fingerprint density at radius 1 is 0.467 bits per heavy atom. The largest absolute Gasteiger partial charge is 0.250 e. The number of halogens is 2. The SMILES string of the molecule is ClCc1cccc(-c2ccc3ccc4ccc(-c5cccc(CCl)n5)nc4c3n2)n1. The summed E-state index contributed by atoms with van der Waals surface area (Å²) in [6, 6.07) is 23.8. The lowest BCUT2D eigenvalue weighted by molar-refractivity contribution is 1.16. The first-order chi connectivity index (χ1) is 14.7. The van der Waals surface area contributed by atoms with E-state index >= 15 is 0 Å². The maximum Gasteiger partial charge on any atom is 0.0973 e. The Hall–Kier alpha value is -3.08. The molecule has 5 rings (SSSR count). The van der Waals surface area contributed by atoms with E-state index in [-0.39, 0.29) is 0 Å². The summed E-state index contributed by atoms with van der Waals surface area (Å²) >= 11 is 11.9. The second-order valence-electron chi connectivity index (χ2n) is 6.90. The highest BCUT2D eigenvalue weighted by atomic mass is 35.5. The molecule has 0 spiro atoms. The van der Waals surface area contributed by atoms with Gasteiger partial charge >= 0.3 is 0 Å². The Morgan fingerprint density at radius 2 is 0.867 bits per heavy atom. The van der Waals surface area contributed by atoms with Gasteiger partial charge in [-0.05, 0) is 36.4 Å². The standard InChI is InChI=1S/C24H16Cl2N4/c25-13-17-3-1-5-19(27-17)21-11-9-15-7-8-16-10-12-22(30-24(16)23(15)29-21)20-6-2-4-18(14-26)28-20/h1-12H,13-14H2. The zero-order valence-electron chi connectivity index (χ0n) is 15.9. The van der Waals surface area contributed by atoms with Gasteiger partial charge in [0.25, 0.3) is 0 Å². The van der Waals surface area contributed by atoms with Crippen LogP contribution in [-0.2, 0) is 11.8 Å². The number of rotatable bonds is 4. The van der Waals surface area contributed by atoms with E-state index < -0.39 is 0 Å². The monoisotopic (exact) mass is 430 g/mol. The summed E-state index contributed by atoms with van der Waals surface area (Å²) in [5.74, 6) is 0.729. The van der Waals surface area contributed by atoms with Gasteiger partial charge in [-0.15, -0.1) is 23.2 Å². The smallest absolute Gasteiger partial charge is 0.0973 e. The van der Waals surface area contributed by atoms with Crippen LogP contribution in [0.15, 0.2) is 72.8 Å². The number of alkyl halides is 2. The minimum Gasteiger partial charge on any atom is -0.250 e. The van der Waals surface area contributed by atoms with Gasteiger partial charge in [0.2, 0.25) is 0 Å². The lowest BCUT2D eigenvalue weighted by Gasteiger charge is -2.08. The van der Waals surface area contributed by atoms with E-state index in [1.165, 1.54) is 0 Å². The average Bonchev–Trinajstić information content (AvgIpc) is 2.83. The normalized spacial score (nSPS) is 11.3. The number of benzene rings is 1. The van der Waals surface area contributed by atoms with Gasteiger partial charge in [-0.1, -0.05) is 36.4 Å². The summed E-state index contributed by atoms with van der Waals surface area (Å²) in [6.45, 7) is 0. The molecule has 0 aliphatic carbocycles. The van der Waals surface area contributed by atoms with Crippen molar-refractivity contribution < 1.29 is 0 Å². The summed E-state index contributed by atoms with van der Waals surface area (Å²) in [4.78, 5) is 19.0. The van der Waals surface area contributed by atoms with Crippen molar-refractivity contribution in [2.24, 2.45) is 0 Å². The Bertz CT molecular complexity index is 1280. The molecular formula is C24H16Cl2N4. The first-order valence-electron chi connectivity index (χ1n) is 9.50. The molecule has 0 saturated carbocycles. The van der Waals surface area contributed by atoms with Crippen molar-refractivity contribution in [2.45, 2.75) is 11.8 Å². The van der Waals surface area contributed by atoms with Gasteiger partial charge in [0, 0.05) is 10.8 Å². The fourth-order valence-electron chi connectivity index (χ4n) is 3.45. The lowest BCUT2D eigenvalue weighted by Crippen LogP contribution is -1.95. The number of nitrogens with zero attached hydrogens (tertiary/aromatic N) is 4. The first kappa shape index (κ1) is 18.9. The van der Waals surface area contributed by atoms with Crippen LogP contribution in [0.5, 0.6) is 0 Å². The molecule has 0 fully saturated rings. The van der Waals surface area contributed by atoms with Crippen LogP contribution in [0.4, 0.5) is 0 Å². The molecule has 0 atom stereocenters. The second-order valence-corrected chi connectivity index (χ2v) is 7.43. The van der Waals surface area contributed by atoms with Crippen LogP contribution >= 0.6 is 23.2 Å². The van der Waals surface area contributed by atoms with E-state index in [2.05, 4.69) is 22.1 Å². The molecule has 0 amide bonds. The van der Waals surface area contributed by atoms with E-state index in [1.807, 2.05) is 60.7 Å². The van der Waals surface area contributed by atoms with Gasteiger partial charge in [0.15, 0.2) is 0 Å². The third-order valence-corrected chi connectivity index (χ3v) is 5.48. The summed E-state index contributed by atoms with van der Waals surface area (Å²) in [5.41, 5.74) is 6.46. The number of fused-ring (bicyclic) bond motifs is 3. The zero-order chi connectivity index (χ0) is 20.5. The van der Waals surface area contributed by atoms with Gasteiger partial charge in [-0.25, -0.2) is 19.9 Å². The molecule has 0 radical (unpaired) electrons. The van der Waals surface area contributed by atoms with E-state index in [0.29, 0.717) is 11.8 Å². The quantitative estimate of drug-likeness (QED) is 0.245. The van der Waals surface area contributed by atoms with Crippen molar-refractivity contribution in [3.8, 4) is 22.8 Å². The number of hydrogen-bond donors (Lipinski definition) is 0. The van der Waals surface area contributed by atoms with Gasteiger partial charge in [0.05, 0.1) is 57.0 Å². The predicted molar refractivity (Wildman–Crippen MR) is 123 cm³/mol. The molecular weight excluding hydrogens is 415 g/mol. The van der Waals surface area contributed by atoms with Crippen LogP contribution in [0.1, 0.15) is 11.4 Å². The molecule has 4 heterocycles. The summed E-state index contributed by atoms with van der Waals surface area (Å²) < 4.78 is 0. The van der Waals surface area contributed by atoms with Crippen LogP contribution < -0.4 is 0 Å². The molecule has 0 bridgehead atoms. The van der Waals surface area contributed by atoms with Crippen LogP contribution in [0, 0.1) is 0 Å². The second kappa shape index (κ2) is 7.98. The predicted octanol–water partition coefficient (Wildman–Crippen LogP) is 6.38. The van der Waals surface area contributed by atoms with Crippen LogP contribution in [-0.4, -0.2) is 19.9 Å². The van der Waals surface area contributed by atoms with Gasteiger partial charge in [0.1, 0.15) is 0 Å². The van der Waals surface area contributed by atoms with Crippen molar-refractivity contribution in [3.63, 3.8) is 0 Å². The highest BCUT2D eigenvalue weighted by molar-refractivity contribution is 6.17. The summed E-state index contributed by atoms with van der Waals surface area (Å²) in [5, 5.41) is 2.04. The Kier molecular flexibility index (Phi) is 5.03. The van der Waals surface area contributed by atoms with Crippen LogP contribution in [0.25, 0.3) is 44.6 Å². The Morgan fingerprint density at radius 3 is 1.30 bits per heavy atom. The Labute approximate surface area is 183 Å². The molecule has 5 aromatic rings. The van der Waals surface area contributed by atoms with Crippen molar-refractivity contribution in [2.75, 3.05) is 0 Å². The lowest BCUT2D eigenvalue weighted by atomic mass is 10.1. The maximum absolute atomic E-state index is 5.95. The number of pyridine rings is 4. The van der Waals surface area contributed by atoms with Crippen molar-refractivity contribution in [1.29, 1.82) is 0 Å². The molecule has 0 aliphatic heterocycles. The molecule has 4 nitrogen and oxygen atoms in total. The van der Waals surface area contributed by atoms with E-state index in [9.17, 15) is 0 Å². The third-order valence-electron chi connectivity index (χ3n) is 4.93. The molecule has 0 unspecified atom stereocenters. The molecule has 6 heteroatoms. The summed E-state index contributed by atoms with van der Waals surface area (Å²) in [7, 11) is 0. The molecule has 0 saturated heterocycles. The molecule has 30 heavy (non-hydrogen) atoms. The van der Waals surface area contributed by atoms with Crippen LogP contribution in [0.3, 0.4) is 0 Å². The Balaban J connectivity index is 1.70. The highest BCUT2D eigenvalue weighted by Gasteiger charge is 2.10. The van der Waals surface area contributed by atoms with E-state index in [0.717, 1.165) is 56.0 Å². The summed E-state index contributed by atoms with van der Waals surface area (Å²) in [6.07, 6.45) is 0. The zero-order valence-corrected chi connectivity index (χ0v) is 17.4. The van der Waals surface area contributed by atoms with Gasteiger partial charge < -0.3 is 0 Å². The molecule has 146 valence electrons. The topological polar surface area (TPSA) is 51.6 Å². The maximum atomic E-state index is 5.95. The number of aromatic nitrogens is 4. The van der Waals surface area contributed by atoms with Crippen molar-refractivity contribution in [3.05, 3.63) is 84.2 Å². The fraction of sp³-hybridized carbons (Fsp3) is 0.0833. The van der Waals surface area contributed by atoms with Gasteiger partial charge in [-0.2, -0.15) is 0 Å². The number of hydrogen-bond acceptors (Lipinski definition) is 4. The van der Waals surface area contributed by atoms with Gasteiger partial charge in [-0.3, -0.25) is 0 Å². The minimum atomic E-state index is 0.365. The van der Waals surface area contributed by atoms with Crippen molar-refractivity contribution >= 4 is 45.0 Å². The molecule has 0 aliphatic rings. The average molecular weight is 431 g/mol. The molecule has 4 aromatic heterocycles. The fourth-order valence-corrected chi connectivity index (χ4v) is 3.74. The molecule has 1 aromatic carbocycles. The van der Waals surface area contributed by atoms with Crippen LogP contribution in [0.2, 0.25) is 0 Å². The van der Waals surface area contributed by atoms with E-state index in [4.69, 9.17) is 33.2 Å². The van der Waals surface area contributed by atoms with Crippen molar-refractivity contribution in [1.82, 2.24) is 19.9 Å². The first-order valence-corrected chi connectivity index (χ1v) is 10.6. The molecule has 0 N–H and O–H groups in total. The highest BCUT2D eigenvalue weighted by Crippen LogP contribution is 2.28. The van der Waals surface area contributed by atoms with E-state index in [1.54, 1.807) is 0 Å². The minimum absolute atomic E-state index is 0.365. The third kappa shape index (κ3) is 3.49.